The van der Waals surface area contributed by atoms with E-state index in [1.54, 1.807) is 31.0 Å². The molecule has 0 aromatic carbocycles. The topological polar surface area (TPSA) is 114 Å². The first-order valence-corrected chi connectivity index (χ1v) is 9.41. The fourth-order valence-corrected chi connectivity index (χ4v) is 3.49. The molecule has 0 amide bonds. The molecule has 2 N–H and O–H groups in total. The maximum Gasteiger partial charge on any atom is 0.159 e. The molecule has 0 unspecified atom stereocenters. The Hall–Kier alpha value is -4.40. The van der Waals surface area contributed by atoms with E-state index in [1.165, 1.54) is 0 Å². The fourth-order valence-electron chi connectivity index (χ4n) is 3.49. The molecule has 9 heteroatoms. The molecule has 0 aliphatic rings. The monoisotopic (exact) mass is 393 g/mol. The summed E-state index contributed by atoms with van der Waals surface area (Å²) in [6, 6.07) is 9.57. The molecule has 0 saturated heterocycles. The molecule has 144 valence electrons. The molecule has 6 aromatic heterocycles. The summed E-state index contributed by atoms with van der Waals surface area (Å²) < 4.78 is 2.01. The molecular formula is C21H15N9. The molecule has 0 saturated carbocycles. The van der Waals surface area contributed by atoms with Crippen LogP contribution in [0, 0.1) is 0 Å². The Bertz CT molecular complexity index is 1420. The van der Waals surface area contributed by atoms with Gasteiger partial charge in [-0.15, -0.1) is 0 Å². The lowest BCUT2D eigenvalue weighted by Crippen LogP contribution is -2.04. The Kier molecular flexibility index (Phi) is 3.63. The molecule has 6 aromatic rings. The molecule has 0 spiro atoms. The second-order valence-electron chi connectivity index (χ2n) is 6.84. The van der Waals surface area contributed by atoms with Gasteiger partial charge < -0.3 is 14.5 Å². The van der Waals surface area contributed by atoms with Gasteiger partial charge in [-0.3, -0.25) is 9.97 Å². The zero-order chi connectivity index (χ0) is 19.9. The van der Waals surface area contributed by atoms with E-state index >= 15 is 0 Å². The maximum atomic E-state index is 4.79. The van der Waals surface area contributed by atoms with Gasteiger partial charge in [-0.2, -0.15) is 0 Å². The molecule has 6 rings (SSSR count). The smallest absolute Gasteiger partial charge is 0.159 e. The van der Waals surface area contributed by atoms with Crippen molar-refractivity contribution < 1.29 is 0 Å². The summed E-state index contributed by atoms with van der Waals surface area (Å²) in [5, 5.41) is 0. The molecule has 0 fully saturated rings. The molecule has 0 radical (unpaired) electrons. The zero-order valence-corrected chi connectivity index (χ0v) is 15.7. The van der Waals surface area contributed by atoms with Crippen molar-refractivity contribution >= 4 is 22.1 Å². The number of nitrogens with one attached hydrogen (secondary N) is 2. The molecule has 0 aliphatic carbocycles. The molecule has 6 heterocycles. The van der Waals surface area contributed by atoms with Gasteiger partial charge in [0.1, 0.15) is 17.2 Å². The van der Waals surface area contributed by atoms with E-state index in [0.717, 1.165) is 45.1 Å². The van der Waals surface area contributed by atoms with Gasteiger partial charge in [-0.25, -0.2) is 19.9 Å². The van der Waals surface area contributed by atoms with E-state index in [4.69, 9.17) is 4.98 Å². The number of fused-ring (bicyclic) bond motifs is 2. The lowest BCUT2D eigenvalue weighted by atomic mass is 10.2. The first-order valence-electron chi connectivity index (χ1n) is 9.41. The van der Waals surface area contributed by atoms with Crippen LogP contribution in [-0.4, -0.2) is 44.4 Å². The number of nitrogens with zero attached hydrogens (tertiary/aromatic N) is 7. The van der Waals surface area contributed by atoms with Crippen LogP contribution >= 0.6 is 0 Å². The number of H-pyrrole nitrogens is 2. The average Bonchev–Trinajstić information content (AvgIpc) is 3.51. The number of imidazole rings is 3. The minimum absolute atomic E-state index is 0.548. The van der Waals surface area contributed by atoms with E-state index in [0.29, 0.717) is 12.4 Å². The van der Waals surface area contributed by atoms with Crippen molar-refractivity contribution in [1.29, 1.82) is 0 Å². The summed E-state index contributed by atoms with van der Waals surface area (Å²) in [5.41, 5.74) is 5.03. The van der Waals surface area contributed by atoms with Crippen LogP contribution in [0.3, 0.4) is 0 Å². The second-order valence-corrected chi connectivity index (χ2v) is 6.84. The lowest BCUT2D eigenvalue weighted by Gasteiger charge is -2.06. The average molecular weight is 393 g/mol. The quantitative estimate of drug-likeness (QED) is 0.475. The molecular weight excluding hydrogens is 378 g/mol. The Morgan fingerprint density at radius 3 is 2.33 bits per heavy atom. The predicted octanol–water partition coefficient (Wildman–Crippen LogP) is 3.20. The Balaban J connectivity index is 1.36. The summed E-state index contributed by atoms with van der Waals surface area (Å²) in [5.74, 6) is 2.29. The minimum atomic E-state index is 0.548. The minimum Gasteiger partial charge on any atom is -0.339 e. The van der Waals surface area contributed by atoms with Crippen molar-refractivity contribution in [2.75, 3.05) is 0 Å². The highest BCUT2D eigenvalue weighted by Gasteiger charge is 2.13. The Morgan fingerprint density at radius 1 is 0.767 bits per heavy atom. The Labute approximate surface area is 169 Å². The van der Waals surface area contributed by atoms with Crippen molar-refractivity contribution in [3.8, 4) is 23.0 Å². The first-order chi connectivity index (χ1) is 14.8. The number of aromatic amines is 2. The van der Waals surface area contributed by atoms with Crippen LogP contribution in [0.25, 0.3) is 45.1 Å². The molecule has 0 atom stereocenters. The van der Waals surface area contributed by atoms with Crippen molar-refractivity contribution in [2.24, 2.45) is 0 Å². The van der Waals surface area contributed by atoms with Gasteiger partial charge in [0, 0.05) is 24.8 Å². The van der Waals surface area contributed by atoms with Crippen LogP contribution in [0.1, 0.15) is 5.82 Å². The highest BCUT2D eigenvalue weighted by Crippen LogP contribution is 2.22. The van der Waals surface area contributed by atoms with Gasteiger partial charge in [0.25, 0.3) is 0 Å². The summed E-state index contributed by atoms with van der Waals surface area (Å²) in [4.78, 5) is 33.4. The van der Waals surface area contributed by atoms with Gasteiger partial charge in [0.15, 0.2) is 11.6 Å². The van der Waals surface area contributed by atoms with Crippen LogP contribution in [0.15, 0.2) is 67.5 Å². The normalized spacial score (nSPS) is 11.5. The number of pyridine rings is 3. The van der Waals surface area contributed by atoms with Crippen LogP contribution in [0.5, 0.6) is 0 Å². The van der Waals surface area contributed by atoms with Gasteiger partial charge in [-0.05, 0) is 24.3 Å². The van der Waals surface area contributed by atoms with Crippen molar-refractivity contribution in [3.63, 3.8) is 0 Å². The summed E-state index contributed by atoms with van der Waals surface area (Å²) in [7, 11) is 0. The van der Waals surface area contributed by atoms with Gasteiger partial charge in [-0.1, -0.05) is 6.07 Å². The van der Waals surface area contributed by atoms with E-state index in [9.17, 15) is 0 Å². The third kappa shape index (κ3) is 2.80. The van der Waals surface area contributed by atoms with Crippen LogP contribution in [0.2, 0.25) is 0 Å². The van der Waals surface area contributed by atoms with Crippen LogP contribution in [-0.2, 0) is 6.54 Å². The zero-order valence-electron chi connectivity index (χ0n) is 15.7. The van der Waals surface area contributed by atoms with E-state index in [1.807, 2.05) is 41.1 Å². The van der Waals surface area contributed by atoms with Crippen molar-refractivity contribution in [1.82, 2.24) is 44.4 Å². The summed E-state index contributed by atoms with van der Waals surface area (Å²) in [6.45, 7) is 0.548. The maximum absolute atomic E-state index is 4.79. The van der Waals surface area contributed by atoms with Crippen molar-refractivity contribution in [2.45, 2.75) is 6.54 Å². The molecule has 30 heavy (non-hydrogen) atoms. The van der Waals surface area contributed by atoms with E-state index < -0.39 is 0 Å². The number of aromatic nitrogens is 9. The highest BCUT2D eigenvalue weighted by atomic mass is 15.1. The number of rotatable bonds is 4. The molecule has 0 bridgehead atoms. The van der Waals surface area contributed by atoms with Gasteiger partial charge in [0.05, 0.1) is 41.0 Å². The third-order valence-corrected chi connectivity index (χ3v) is 4.87. The van der Waals surface area contributed by atoms with E-state index in [-0.39, 0.29) is 0 Å². The largest absolute Gasteiger partial charge is 0.339 e. The first kappa shape index (κ1) is 16.5. The van der Waals surface area contributed by atoms with E-state index in [2.05, 4.69) is 34.9 Å². The second kappa shape index (κ2) is 6.59. The number of hydrogen-bond donors (Lipinski definition) is 2. The van der Waals surface area contributed by atoms with Gasteiger partial charge >= 0.3 is 0 Å². The lowest BCUT2D eigenvalue weighted by molar-refractivity contribution is 0.764. The standard InChI is InChI=1S/C21H15N9/c1-2-15(20-28-14-5-7-23-11-18(14)29-20)25-16(3-1)21-24-8-9-30(21)12-19-26-13-4-6-22-10-17(13)27-19/h1-11H,12H2,(H,26,27)(H,28,29). The predicted molar refractivity (Wildman–Crippen MR) is 111 cm³/mol. The SMILES string of the molecule is c1cc(-c2nc3ccncc3[nH]2)nc(-c2nccn2Cc2nc3ccncc3[nH]2)c1. The fraction of sp³-hybridized carbons (Fsp3) is 0.0476. The van der Waals surface area contributed by atoms with Crippen molar-refractivity contribution in [3.05, 3.63) is 73.3 Å². The third-order valence-electron chi connectivity index (χ3n) is 4.87. The molecule has 9 nitrogen and oxygen atoms in total. The van der Waals surface area contributed by atoms with Crippen LogP contribution in [0.4, 0.5) is 0 Å². The molecule has 0 aliphatic heterocycles. The Morgan fingerprint density at radius 2 is 1.53 bits per heavy atom. The van der Waals surface area contributed by atoms with Crippen LogP contribution < -0.4 is 0 Å². The number of hydrogen-bond acceptors (Lipinski definition) is 6. The summed E-state index contributed by atoms with van der Waals surface area (Å²) in [6.07, 6.45) is 10.7. The van der Waals surface area contributed by atoms with Gasteiger partial charge in [0.2, 0.25) is 0 Å². The summed E-state index contributed by atoms with van der Waals surface area (Å²) >= 11 is 0. The highest BCUT2D eigenvalue weighted by molar-refractivity contribution is 5.78.